The molecule has 1 aromatic rings. The highest BCUT2D eigenvalue weighted by Crippen LogP contribution is 2.32. The van der Waals surface area contributed by atoms with Crippen molar-refractivity contribution >= 4 is 27.5 Å². The fraction of sp³-hybridized carbons (Fsp3) is 0.533. The van der Waals surface area contributed by atoms with E-state index in [1.807, 2.05) is 17.0 Å². The van der Waals surface area contributed by atoms with Crippen molar-refractivity contribution in [3.8, 4) is 5.75 Å². The molecule has 0 saturated carbocycles. The molecule has 0 radical (unpaired) electrons. The van der Waals surface area contributed by atoms with E-state index in [9.17, 15) is 4.79 Å². The van der Waals surface area contributed by atoms with Gasteiger partial charge in [0, 0.05) is 13.1 Å². The molecule has 1 saturated heterocycles. The number of anilines is 1. The van der Waals surface area contributed by atoms with Crippen LogP contribution in [-0.2, 0) is 4.79 Å². The first-order valence-corrected chi connectivity index (χ1v) is 7.88. The Morgan fingerprint density at radius 3 is 2.55 bits per heavy atom. The van der Waals surface area contributed by atoms with Gasteiger partial charge < -0.3 is 15.4 Å². The normalized spacial score (nSPS) is 17.4. The van der Waals surface area contributed by atoms with Crippen molar-refractivity contribution in [1.82, 2.24) is 4.90 Å². The zero-order chi connectivity index (χ0) is 14.5. The van der Waals surface area contributed by atoms with Crippen molar-refractivity contribution in [1.29, 1.82) is 0 Å². The summed E-state index contributed by atoms with van der Waals surface area (Å²) in [6.07, 6.45) is 4.05. The van der Waals surface area contributed by atoms with Gasteiger partial charge in [-0.05, 0) is 47.8 Å². The summed E-state index contributed by atoms with van der Waals surface area (Å²) < 4.78 is 6.54. The van der Waals surface area contributed by atoms with Gasteiger partial charge in [-0.2, -0.15) is 0 Å². The fourth-order valence-electron chi connectivity index (χ4n) is 2.43. The topological polar surface area (TPSA) is 55.6 Å². The van der Waals surface area contributed by atoms with Crippen LogP contribution < -0.4 is 10.5 Å². The molecule has 110 valence electrons. The highest BCUT2D eigenvalue weighted by Gasteiger charge is 2.23. The van der Waals surface area contributed by atoms with Crippen molar-refractivity contribution < 1.29 is 9.53 Å². The molecule has 1 heterocycles. The Morgan fingerprint density at radius 2 is 1.95 bits per heavy atom. The third-order valence-corrected chi connectivity index (χ3v) is 4.18. The lowest BCUT2D eigenvalue weighted by molar-refractivity contribution is -0.137. The minimum atomic E-state index is -0.519. The molecule has 1 amide bonds. The number of rotatable bonds is 3. The molecule has 0 spiro atoms. The van der Waals surface area contributed by atoms with E-state index in [-0.39, 0.29) is 5.91 Å². The Bertz CT molecular complexity index is 451. The summed E-state index contributed by atoms with van der Waals surface area (Å²) in [6.45, 7) is 3.45. The molecule has 0 aliphatic carbocycles. The molecule has 4 nitrogen and oxygen atoms in total. The smallest absolute Gasteiger partial charge is 0.263 e. The number of hydrogen-bond donors (Lipinski definition) is 1. The first kappa shape index (κ1) is 15.2. The molecule has 1 atom stereocenters. The van der Waals surface area contributed by atoms with Gasteiger partial charge in [-0.25, -0.2) is 0 Å². The van der Waals surface area contributed by atoms with Gasteiger partial charge in [-0.15, -0.1) is 0 Å². The first-order valence-electron chi connectivity index (χ1n) is 7.09. The second-order valence-corrected chi connectivity index (χ2v) is 6.01. The average molecular weight is 341 g/mol. The predicted molar refractivity (Wildman–Crippen MR) is 83.7 cm³/mol. The quantitative estimate of drug-likeness (QED) is 0.859. The van der Waals surface area contributed by atoms with Crippen LogP contribution in [-0.4, -0.2) is 30.0 Å². The van der Waals surface area contributed by atoms with Crippen LogP contribution in [0.1, 0.15) is 32.6 Å². The van der Waals surface area contributed by atoms with Gasteiger partial charge in [-0.1, -0.05) is 18.9 Å². The fourth-order valence-corrected chi connectivity index (χ4v) is 2.90. The van der Waals surface area contributed by atoms with Crippen LogP contribution in [0.5, 0.6) is 5.75 Å². The van der Waals surface area contributed by atoms with Crippen molar-refractivity contribution in [2.24, 2.45) is 0 Å². The van der Waals surface area contributed by atoms with E-state index in [0.29, 0.717) is 11.4 Å². The van der Waals surface area contributed by atoms with E-state index >= 15 is 0 Å². The highest BCUT2D eigenvalue weighted by atomic mass is 79.9. The lowest BCUT2D eigenvalue weighted by Gasteiger charge is -2.25. The number of nitrogens with two attached hydrogens (primary N) is 1. The van der Waals surface area contributed by atoms with Crippen molar-refractivity contribution in [3.05, 3.63) is 22.7 Å². The maximum Gasteiger partial charge on any atom is 0.263 e. The van der Waals surface area contributed by atoms with Crippen LogP contribution in [0.25, 0.3) is 0 Å². The molecule has 1 aliphatic rings. The Labute approximate surface area is 128 Å². The minimum Gasteiger partial charge on any atom is -0.478 e. The number of halogens is 1. The van der Waals surface area contributed by atoms with Gasteiger partial charge in [0.25, 0.3) is 5.91 Å². The zero-order valence-electron chi connectivity index (χ0n) is 11.8. The lowest BCUT2D eigenvalue weighted by atomic mass is 10.2. The maximum atomic E-state index is 12.4. The van der Waals surface area contributed by atoms with Gasteiger partial charge in [-0.3, -0.25) is 4.79 Å². The molecule has 1 fully saturated rings. The van der Waals surface area contributed by atoms with Crippen LogP contribution >= 0.6 is 15.9 Å². The Balaban J connectivity index is 2.03. The number of likely N-dealkylation sites (tertiary alicyclic amines) is 1. The monoisotopic (exact) mass is 340 g/mol. The number of nitrogen functional groups attached to an aromatic ring is 1. The van der Waals surface area contributed by atoms with E-state index in [4.69, 9.17) is 10.5 Å². The predicted octanol–water partition coefficient (Wildman–Crippen LogP) is 3.20. The van der Waals surface area contributed by atoms with E-state index in [1.54, 1.807) is 13.0 Å². The number of para-hydroxylation sites is 1. The van der Waals surface area contributed by atoms with Crippen LogP contribution in [0.15, 0.2) is 22.7 Å². The molecular formula is C15H21BrN2O2. The van der Waals surface area contributed by atoms with E-state index in [2.05, 4.69) is 15.9 Å². The Hall–Kier alpha value is -1.23. The molecule has 0 aromatic heterocycles. The molecule has 2 N–H and O–H groups in total. The number of nitrogens with zero attached hydrogens (tertiary/aromatic N) is 1. The summed E-state index contributed by atoms with van der Waals surface area (Å²) in [5.74, 6) is 0.588. The molecule has 1 unspecified atom stereocenters. The average Bonchev–Trinajstić information content (AvgIpc) is 2.71. The number of ether oxygens (including phenoxy) is 1. The van der Waals surface area contributed by atoms with Crippen LogP contribution in [0, 0.1) is 0 Å². The molecule has 0 bridgehead atoms. The second-order valence-electron chi connectivity index (χ2n) is 5.16. The summed E-state index contributed by atoms with van der Waals surface area (Å²) in [4.78, 5) is 14.3. The Kier molecular flexibility index (Phi) is 5.29. The largest absolute Gasteiger partial charge is 0.478 e. The van der Waals surface area contributed by atoms with Gasteiger partial charge in [0.1, 0.15) is 0 Å². The summed E-state index contributed by atoms with van der Waals surface area (Å²) in [5.41, 5.74) is 6.43. The molecule has 2 rings (SSSR count). The first-order chi connectivity index (χ1) is 9.59. The van der Waals surface area contributed by atoms with Crippen LogP contribution in [0.4, 0.5) is 5.69 Å². The molecule has 1 aromatic carbocycles. The van der Waals surface area contributed by atoms with Crippen molar-refractivity contribution in [3.63, 3.8) is 0 Å². The Morgan fingerprint density at radius 1 is 1.30 bits per heavy atom. The third kappa shape index (κ3) is 3.66. The number of benzene rings is 1. The molecule has 20 heavy (non-hydrogen) atoms. The molecule has 1 aliphatic heterocycles. The molecular weight excluding hydrogens is 320 g/mol. The van der Waals surface area contributed by atoms with Crippen LogP contribution in [0.3, 0.4) is 0 Å². The summed E-state index contributed by atoms with van der Waals surface area (Å²) in [6, 6.07) is 5.46. The van der Waals surface area contributed by atoms with Crippen molar-refractivity contribution in [2.45, 2.75) is 38.7 Å². The SMILES string of the molecule is CC(Oc1c(N)cccc1Br)C(=O)N1CCCCCC1. The van der Waals surface area contributed by atoms with E-state index in [1.165, 1.54) is 12.8 Å². The standard InChI is InChI=1S/C15H21BrN2O2/c1-11(15(19)18-9-4-2-3-5-10-18)20-14-12(16)7-6-8-13(14)17/h6-8,11H,2-5,9-10,17H2,1H3. The maximum absolute atomic E-state index is 12.4. The van der Waals surface area contributed by atoms with E-state index < -0.39 is 6.10 Å². The summed E-state index contributed by atoms with van der Waals surface area (Å²) >= 11 is 3.40. The van der Waals surface area contributed by atoms with Gasteiger partial charge in [0.05, 0.1) is 10.2 Å². The minimum absolute atomic E-state index is 0.0436. The van der Waals surface area contributed by atoms with Crippen molar-refractivity contribution in [2.75, 3.05) is 18.8 Å². The lowest BCUT2D eigenvalue weighted by Crippen LogP contribution is -2.41. The van der Waals surface area contributed by atoms with E-state index in [0.717, 1.165) is 30.4 Å². The summed E-state index contributed by atoms with van der Waals surface area (Å²) in [7, 11) is 0. The van der Waals surface area contributed by atoms with Crippen LogP contribution in [0.2, 0.25) is 0 Å². The number of carbonyl (C=O) groups excluding carboxylic acids is 1. The molecule has 5 heteroatoms. The summed E-state index contributed by atoms with van der Waals surface area (Å²) in [5, 5.41) is 0. The van der Waals surface area contributed by atoms with Gasteiger partial charge in [0.15, 0.2) is 11.9 Å². The number of hydrogen-bond acceptors (Lipinski definition) is 3. The number of amides is 1. The third-order valence-electron chi connectivity index (χ3n) is 3.56. The second kappa shape index (κ2) is 6.97. The van der Waals surface area contributed by atoms with Gasteiger partial charge >= 0.3 is 0 Å². The highest BCUT2D eigenvalue weighted by molar-refractivity contribution is 9.10. The van der Waals surface area contributed by atoms with Gasteiger partial charge in [0.2, 0.25) is 0 Å². The zero-order valence-corrected chi connectivity index (χ0v) is 13.4. The number of carbonyl (C=O) groups is 1.